The lowest BCUT2D eigenvalue weighted by molar-refractivity contribution is -0.124. The molecule has 1 aliphatic heterocycles. The maximum absolute atomic E-state index is 12.2. The lowest BCUT2D eigenvalue weighted by atomic mass is 10.0. The summed E-state index contributed by atoms with van der Waals surface area (Å²) in [6, 6.07) is 13.5. The number of hydrogen-bond acceptors (Lipinski definition) is 5. The Morgan fingerprint density at radius 2 is 2.04 bits per heavy atom. The van der Waals surface area contributed by atoms with Gasteiger partial charge >= 0.3 is 0 Å². The predicted molar refractivity (Wildman–Crippen MR) is 99.9 cm³/mol. The van der Waals surface area contributed by atoms with Gasteiger partial charge in [0.25, 0.3) is 0 Å². The molecule has 1 fully saturated rings. The van der Waals surface area contributed by atoms with Crippen molar-refractivity contribution in [1.82, 2.24) is 15.6 Å². The summed E-state index contributed by atoms with van der Waals surface area (Å²) in [6.45, 7) is 0.888. The van der Waals surface area contributed by atoms with Gasteiger partial charge in [0, 0.05) is 18.2 Å². The van der Waals surface area contributed by atoms with Crippen LogP contribution in [-0.2, 0) is 11.2 Å². The topological polar surface area (TPSA) is 104 Å². The predicted octanol–water partition coefficient (Wildman–Crippen LogP) is 1.71. The van der Waals surface area contributed by atoms with Crippen LogP contribution in [0.15, 0.2) is 42.6 Å². The molecule has 0 saturated carbocycles. The Labute approximate surface area is 153 Å². The number of nitriles is 1. The smallest absolute Gasteiger partial charge is 0.238 e. The van der Waals surface area contributed by atoms with Gasteiger partial charge < -0.3 is 16.4 Å². The molecule has 134 valence electrons. The van der Waals surface area contributed by atoms with Crippen molar-refractivity contribution < 1.29 is 4.79 Å². The van der Waals surface area contributed by atoms with E-state index in [-0.39, 0.29) is 11.9 Å². The molecule has 1 aromatic carbocycles. The van der Waals surface area contributed by atoms with E-state index in [0.29, 0.717) is 12.1 Å². The van der Waals surface area contributed by atoms with Gasteiger partial charge in [0.1, 0.15) is 11.8 Å². The van der Waals surface area contributed by atoms with Crippen molar-refractivity contribution in [1.29, 1.82) is 5.26 Å². The Morgan fingerprint density at radius 3 is 2.65 bits per heavy atom. The quantitative estimate of drug-likeness (QED) is 0.713. The number of nitrogens with two attached hydrogens (primary N) is 1. The average molecular weight is 349 g/mol. The molecule has 1 aromatic heterocycles. The molecule has 6 heteroatoms. The minimum atomic E-state index is -0.409. The monoisotopic (exact) mass is 349 g/mol. The number of nitrogens with zero attached hydrogens (tertiary/aromatic N) is 2. The lowest BCUT2D eigenvalue weighted by Gasteiger charge is -2.24. The summed E-state index contributed by atoms with van der Waals surface area (Å²) in [6.07, 6.45) is 4.92. The summed E-state index contributed by atoms with van der Waals surface area (Å²) in [4.78, 5) is 16.3. The fourth-order valence-electron chi connectivity index (χ4n) is 3.13. The van der Waals surface area contributed by atoms with Gasteiger partial charge in [-0.3, -0.25) is 4.79 Å². The van der Waals surface area contributed by atoms with E-state index in [9.17, 15) is 4.79 Å². The van der Waals surface area contributed by atoms with E-state index in [1.165, 1.54) is 0 Å². The summed E-state index contributed by atoms with van der Waals surface area (Å²) in [5, 5.41) is 14.9. The molecule has 1 aliphatic rings. The van der Waals surface area contributed by atoms with E-state index in [2.05, 4.69) is 15.6 Å². The molecule has 1 saturated heterocycles. The standard InChI is InChI=1S/C20H23N5O/c21-12-17-9-8-16(13-24-17)15-6-4-14(5-7-15)11-19(22)25-20(26)18-3-1-2-10-23-18/h4-9,13,18-19,23H,1-3,10-11,22H2,(H,25,26)/t18-,19-/m0/s1. The highest BCUT2D eigenvalue weighted by Crippen LogP contribution is 2.19. The third-order valence-electron chi connectivity index (χ3n) is 4.58. The molecular formula is C20H23N5O. The van der Waals surface area contributed by atoms with Crippen LogP contribution in [0.25, 0.3) is 11.1 Å². The number of nitrogens with one attached hydrogen (secondary N) is 2. The van der Waals surface area contributed by atoms with Crippen LogP contribution in [0.1, 0.15) is 30.5 Å². The van der Waals surface area contributed by atoms with Gasteiger partial charge in [-0.2, -0.15) is 5.26 Å². The third kappa shape index (κ3) is 4.66. The van der Waals surface area contributed by atoms with E-state index in [1.807, 2.05) is 36.4 Å². The van der Waals surface area contributed by atoms with Gasteiger partial charge in [-0.1, -0.05) is 30.7 Å². The number of piperidine rings is 1. The average Bonchev–Trinajstić information content (AvgIpc) is 2.69. The fourth-order valence-corrected chi connectivity index (χ4v) is 3.13. The highest BCUT2D eigenvalue weighted by atomic mass is 16.2. The normalized spacial score (nSPS) is 17.9. The van der Waals surface area contributed by atoms with Crippen molar-refractivity contribution in [3.8, 4) is 17.2 Å². The second-order valence-corrected chi connectivity index (χ2v) is 6.56. The highest BCUT2D eigenvalue weighted by molar-refractivity contribution is 5.82. The van der Waals surface area contributed by atoms with Crippen molar-refractivity contribution in [3.05, 3.63) is 53.9 Å². The van der Waals surface area contributed by atoms with Crippen molar-refractivity contribution in [2.24, 2.45) is 5.73 Å². The largest absolute Gasteiger partial charge is 0.339 e. The summed E-state index contributed by atoms with van der Waals surface area (Å²) in [5.41, 5.74) is 9.53. The van der Waals surface area contributed by atoms with Gasteiger partial charge in [0.2, 0.25) is 5.91 Å². The Hall–Kier alpha value is -2.75. The molecule has 0 unspecified atom stereocenters. The molecule has 0 radical (unpaired) electrons. The second kappa shape index (κ2) is 8.56. The van der Waals surface area contributed by atoms with Gasteiger partial charge in [-0.15, -0.1) is 0 Å². The molecule has 1 amide bonds. The Balaban J connectivity index is 1.56. The molecule has 2 atom stereocenters. The maximum atomic E-state index is 12.2. The number of carbonyl (C=O) groups is 1. The molecule has 0 spiro atoms. The lowest BCUT2D eigenvalue weighted by Crippen LogP contribution is -2.52. The van der Waals surface area contributed by atoms with E-state index in [4.69, 9.17) is 11.0 Å². The van der Waals surface area contributed by atoms with Crippen LogP contribution in [0, 0.1) is 11.3 Å². The van der Waals surface area contributed by atoms with Crippen LogP contribution in [0.4, 0.5) is 0 Å². The zero-order chi connectivity index (χ0) is 18.4. The molecule has 4 N–H and O–H groups in total. The number of carbonyl (C=O) groups excluding carboxylic acids is 1. The van der Waals surface area contributed by atoms with Gasteiger partial charge in [0.15, 0.2) is 0 Å². The van der Waals surface area contributed by atoms with Crippen LogP contribution in [0.2, 0.25) is 0 Å². The molecule has 6 nitrogen and oxygen atoms in total. The number of hydrogen-bond donors (Lipinski definition) is 3. The Morgan fingerprint density at radius 1 is 1.27 bits per heavy atom. The van der Waals surface area contributed by atoms with Gasteiger partial charge in [-0.05, 0) is 42.6 Å². The van der Waals surface area contributed by atoms with Gasteiger partial charge in [0.05, 0.1) is 12.2 Å². The van der Waals surface area contributed by atoms with Crippen LogP contribution >= 0.6 is 0 Å². The zero-order valence-electron chi connectivity index (χ0n) is 14.6. The van der Waals surface area contributed by atoms with Crippen molar-refractivity contribution >= 4 is 5.91 Å². The second-order valence-electron chi connectivity index (χ2n) is 6.56. The molecule has 0 aliphatic carbocycles. The number of pyridine rings is 1. The first-order valence-corrected chi connectivity index (χ1v) is 8.90. The van der Waals surface area contributed by atoms with Crippen LogP contribution < -0.4 is 16.4 Å². The number of benzene rings is 1. The maximum Gasteiger partial charge on any atom is 0.238 e. The zero-order valence-corrected chi connectivity index (χ0v) is 14.6. The van der Waals surface area contributed by atoms with E-state index in [0.717, 1.165) is 42.5 Å². The molecule has 2 heterocycles. The van der Waals surface area contributed by atoms with Gasteiger partial charge in [-0.25, -0.2) is 4.98 Å². The molecule has 0 bridgehead atoms. The van der Waals surface area contributed by atoms with E-state index < -0.39 is 6.17 Å². The fraction of sp³-hybridized carbons (Fsp3) is 0.350. The van der Waals surface area contributed by atoms with E-state index >= 15 is 0 Å². The Kier molecular flexibility index (Phi) is 5.95. The van der Waals surface area contributed by atoms with Crippen molar-refractivity contribution in [2.75, 3.05) is 6.54 Å². The minimum absolute atomic E-state index is 0.0162. The Bertz CT molecular complexity index is 773. The SMILES string of the molecule is N#Cc1ccc(-c2ccc(C[C@@H](N)NC(=O)[C@@H]3CCCCN3)cc2)cn1. The summed E-state index contributed by atoms with van der Waals surface area (Å²) >= 11 is 0. The summed E-state index contributed by atoms with van der Waals surface area (Å²) in [5.74, 6) is -0.0162. The number of amides is 1. The van der Waals surface area contributed by atoms with Crippen molar-refractivity contribution in [3.63, 3.8) is 0 Å². The molecular weight excluding hydrogens is 326 g/mol. The highest BCUT2D eigenvalue weighted by Gasteiger charge is 2.21. The van der Waals surface area contributed by atoms with Crippen LogP contribution in [-0.4, -0.2) is 29.6 Å². The van der Waals surface area contributed by atoms with E-state index in [1.54, 1.807) is 12.3 Å². The number of rotatable bonds is 5. The van der Waals surface area contributed by atoms with Crippen LogP contribution in [0.5, 0.6) is 0 Å². The number of aromatic nitrogens is 1. The first-order valence-electron chi connectivity index (χ1n) is 8.90. The first kappa shape index (κ1) is 18.1. The minimum Gasteiger partial charge on any atom is -0.339 e. The first-order chi connectivity index (χ1) is 12.7. The van der Waals surface area contributed by atoms with Crippen LogP contribution in [0.3, 0.4) is 0 Å². The summed E-state index contributed by atoms with van der Waals surface area (Å²) in [7, 11) is 0. The van der Waals surface area contributed by atoms with Crippen molar-refractivity contribution in [2.45, 2.75) is 37.9 Å². The molecule has 26 heavy (non-hydrogen) atoms. The molecule has 2 aromatic rings. The summed E-state index contributed by atoms with van der Waals surface area (Å²) < 4.78 is 0. The third-order valence-corrected chi connectivity index (χ3v) is 4.58. The molecule has 3 rings (SSSR count).